The van der Waals surface area contributed by atoms with Gasteiger partial charge in [-0.2, -0.15) is 0 Å². The van der Waals surface area contributed by atoms with Gasteiger partial charge in [0.15, 0.2) is 5.16 Å². The Bertz CT molecular complexity index is 733. The predicted molar refractivity (Wildman–Crippen MR) is 91.7 cm³/mol. The van der Waals surface area contributed by atoms with E-state index in [1.54, 1.807) is 11.8 Å². The Hall–Kier alpha value is -2.07. The zero-order valence-electron chi connectivity index (χ0n) is 12.9. The van der Waals surface area contributed by atoms with Crippen LogP contribution in [0.1, 0.15) is 17.0 Å². The quantitative estimate of drug-likeness (QED) is 0.661. The average Bonchev–Trinajstić information content (AvgIpc) is 2.90. The first-order chi connectivity index (χ1) is 10.7. The van der Waals surface area contributed by atoms with Crippen LogP contribution in [-0.2, 0) is 6.42 Å². The average molecular weight is 309 g/mol. The topological polar surface area (TPSA) is 30.7 Å². The molecule has 0 bridgehead atoms. The van der Waals surface area contributed by atoms with E-state index in [0.29, 0.717) is 0 Å². The van der Waals surface area contributed by atoms with Gasteiger partial charge in [-0.25, -0.2) is 0 Å². The predicted octanol–water partition coefficient (Wildman–Crippen LogP) is 4.22. The highest BCUT2D eigenvalue weighted by Gasteiger charge is 2.11. The highest BCUT2D eigenvalue weighted by atomic mass is 32.2. The van der Waals surface area contributed by atoms with Crippen molar-refractivity contribution in [1.29, 1.82) is 0 Å². The van der Waals surface area contributed by atoms with Gasteiger partial charge in [-0.1, -0.05) is 59.8 Å². The van der Waals surface area contributed by atoms with Crippen LogP contribution >= 0.6 is 11.8 Å². The molecule has 0 fully saturated rings. The van der Waals surface area contributed by atoms with Gasteiger partial charge in [0.1, 0.15) is 5.82 Å². The molecule has 0 aliphatic heterocycles. The summed E-state index contributed by atoms with van der Waals surface area (Å²) in [6, 6.07) is 19.0. The summed E-state index contributed by atoms with van der Waals surface area (Å²) >= 11 is 1.75. The highest BCUT2D eigenvalue weighted by molar-refractivity contribution is 7.99. The molecule has 0 saturated carbocycles. The summed E-state index contributed by atoms with van der Waals surface area (Å²) in [5.74, 6) is 1.92. The van der Waals surface area contributed by atoms with Gasteiger partial charge in [-0.15, -0.1) is 10.2 Å². The normalized spacial score (nSPS) is 10.8. The molecule has 0 saturated heterocycles. The van der Waals surface area contributed by atoms with Crippen LogP contribution < -0.4 is 0 Å². The van der Waals surface area contributed by atoms with Crippen LogP contribution in [0.4, 0.5) is 0 Å². The van der Waals surface area contributed by atoms with Crippen molar-refractivity contribution in [3.05, 3.63) is 71.5 Å². The second kappa shape index (κ2) is 6.79. The van der Waals surface area contributed by atoms with E-state index in [1.165, 1.54) is 11.1 Å². The van der Waals surface area contributed by atoms with Gasteiger partial charge in [-0.05, 0) is 38.0 Å². The van der Waals surface area contributed by atoms with Crippen LogP contribution in [0.3, 0.4) is 0 Å². The van der Waals surface area contributed by atoms with Crippen molar-refractivity contribution in [3.8, 4) is 5.69 Å². The lowest BCUT2D eigenvalue weighted by atomic mass is 10.2. The minimum Gasteiger partial charge on any atom is -0.274 e. The van der Waals surface area contributed by atoms with E-state index >= 15 is 0 Å². The van der Waals surface area contributed by atoms with Crippen LogP contribution in [0.2, 0.25) is 0 Å². The van der Waals surface area contributed by atoms with Crippen molar-refractivity contribution in [1.82, 2.24) is 14.8 Å². The first-order valence-electron chi connectivity index (χ1n) is 7.40. The molecule has 0 aliphatic rings. The van der Waals surface area contributed by atoms with Crippen molar-refractivity contribution in [2.45, 2.75) is 25.4 Å². The number of thioether (sulfide) groups is 1. The standard InChI is InChI=1S/C18H19N3S/c1-14-8-10-17(11-9-14)21-15(2)19-20-18(21)22-13-12-16-6-4-3-5-7-16/h3-11H,12-13H2,1-2H3. The van der Waals surface area contributed by atoms with Crippen LogP contribution in [0, 0.1) is 13.8 Å². The first-order valence-corrected chi connectivity index (χ1v) is 8.38. The van der Waals surface area contributed by atoms with Gasteiger partial charge in [0, 0.05) is 11.4 Å². The second-order valence-corrected chi connectivity index (χ2v) is 6.35. The number of nitrogens with zero attached hydrogens (tertiary/aromatic N) is 3. The molecule has 3 rings (SSSR count). The van der Waals surface area contributed by atoms with E-state index in [2.05, 4.69) is 70.2 Å². The molecule has 3 aromatic rings. The van der Waals surface area contributed by atoms with Crippen LogP contribution in [0.15, 0.2) is 59.8 Å². The fourth-order valence-corrected chi connectivity index (χ4v) is 3.32. The fourth-order valence-electron chi connectivity index (χ4n) is 2.33. The summed E-state index contributed by atoms with van der Waals surface area (Å²) in [4.78, 5) is 0. The molecule has 0 amide bonds. The maximum absolute atomic E-state index is 4.32. The van der Waals surface area contributed by atoms with Crippen LogP contribution in [0.25, 0.3) is 5.69 Å². The molecule has 0 spiro atoms. The van der Waals surface area contributed by atoms with Gasteiger partial charge in [0.05, 0.1) is 0 Å². The lowest BCUT2D eigenvalue weighted by molar-refractivity contribution is 0.867. The number of rotatable bonds is 5. The van der Waals surface area contributed by atoms with Crippen LogP contribution in [-0.4, -0.2) is 20.5 Å². The Morgan fingerprint density at radius 2 is 1.64 bits per heavy atom. The van der Waals surface area contributed by atoms with E-state index in [4.69, 9.17) is 0 Å². The lowest BCUT2D eigenvalue weighted by Gasteiger charge is -2.08. The number of hydrogen-bond acceptors (Lipinski definition) is 3. The van der Waals surface area contributed by atoms with Crippen molar-refractivity contribution in [3.63, 3.8) is 0 Å². The molecule has 0 N–H and O–H groups in total. The monoisotopic (exact) mass is 309 g/mol. The fraction of sp³-hybridized carbons (Fsp3) is 0.222. The molecule has 1 heterocycles. The third kappa shape index (κ3) is 3.39. The maximum Gasteiger partial charge on any atom is 0.195 e. The third-order valence-corrected chi connectivity index (χ3v) is 4.48. The molecule has 4 heteroatoms. The van der Waals surface area contributed by atoms with Crippen molar-refractivity contribution in [2.24, 2.45) is 0 Å². The van der Waals surface area contributed by atoms with Crippen LogP contribution in [0.5, 0.6) is 0 Å². The molecule has 1 aromatic heterocycles. The second-order valence-electron chi connectivity index (χ2n) is 5.28. The lowest BCUT2D eigenvalue weighted by Crippen LogP contribution is -2.00. The summed E-state index contributed by atoms with van der Waals surface area (Å²) < 4.78 is 2.12. The van der Waals surface area contributed by atoms with Gasteiger partial charge in [0.2, 0.25) is 0 Å². The zero-order valence-corrected chi connectivity index (χ0v) is 13.7. The summed E-state index contributed by atoms with van der Waals surface area (Å²) in [6.45, 7) is 4.09. The summed E-state index contributed by atoms with van der Waals surface area (Å²) in [5.41, 5.74) is 3.73. The first kappa shape index (κ1) is 14.9. The highest BCUT2D eigenvalue weighted by Crippen LogP contribution is 2.22. The summed E-state index contributed by atoms with van der Waals surface area (Å²) in [6.07, 6.45) is 1.03. The van der Waals surface area contributed by atoms with Crippen molar-refractivity contribution >= 4 is 11.8 Å². The molecule has 0 unspecified atom stereocenters. The van der Waals surface area contributed by atoms with Gasteiger partial charge in [-0.3, -0.25) is 4.57 Å². The minimum atomic E-state index is 0.922. The molecule has 112 valence electrons. The molecule has 0 atom stereocenters. The zero-order chi connectivity index (χ0) is 15.4. The van der Waals surface area contributed by atoms with E-state index in [9.17, 15) is 0 Å². The van der Waals surface area contributed by atoms with Gasteiger partial charge in [0.25, 0.3) is 0 Å². The largest absolute Gasteiger partial charge is 0.274 e. The Labute approximate surface area is 135 Å². The Morgan fingerprint density at radius 1 is 0.909 bits per heavy atom. The van der Waals surface area contributed by atoms with Gasteiger partial charge < -0.3 is 0 Å². The SMILES string of the molecule is Cc1ccc(-n2c(C)nnc2SCCc2ccccc2)cc1. The van der Waals surface area contributed by atoms with Crippen molar-refractivity contribution < 1.29 is 0 Å². The number of aromatic nitrogens is 3. The van der Waals surface area contributed by atoms with E-state index in [-0.39, 0.29) is 0 Å². The molecule has 0 radical (unpaired) electrons. The maximum atomic E-state index is 4.32. The molecule has 2 aromatic carbocycles. The molecule has 3 nitrogen and oxygen atoms in total. The van der Waals surface area contributed by atoms with Crippen molar-refractivity contribution in [2.75, 3.05) is 5.75 Å². The molecular formula is C18H19N3S. The van der Waals surface area contributed by atoms with E-state index < -0.39 is 0 Å². The van der Waals surface area contributed by atoms with Gasteiger partial charge >= 0.3 is 0 Å². The molecule has 0 aliphatic carbocycles. The number of hydrogen-bond donors (Lipinski definition) is 0. The Balaban J connectivity index is 1.73. The Kier molecular flexibility index (Phi) is 4.59. The Morgan fingerprint density at radius 3 is 2.36 bits per heavy atom. The number of aryl methyl sites for hydroxylation is 3. The number of benzene rings is 2. The third-order valence-electron chi connectivity index (χ3n) is 3.55. The summed E-state index contributed by atoms with van der Waals surface area (Å²) in [7, 11) is 0. The minimum absolute atomic E-state index is 0.922. The molecular weight excluding hydrogens is 290 g/mol. The molecule has 22 heavy (non-hydrogen) atoms. The van der Waals surface area contributed by atoms with E-state index in [0.717, 1.165) is 28.8 Å². The summed E-state index contributed by atoms with van der Waals surface area (Å²) in [5, 5.41) is 9.51. The van der Waals surface area contributed by atoms with E-state index in [1.807, 2.05) is 13.0 Å². The smallest absolute Gasteiger partial charge is 0.195 e.